The van der Waals surface area contributed by atoms with E-state index in [1.54, 1.807) is 12.4 Å². The second kappa shape index (κ2) is 7.98. The maximum absolute atomic E-state index is 12.3. The molecule has 2 unspecified atom stereocenters. The molecule has 0 aliphatic carbocycles. The molecule has 5 heteroatoms. The largest absolute Gasteiger partial charge is 0.492 e. The van der Waals surface area contributed by atoms with Crippen LogP contribution in [0.5, 0.6) is 5.75 Å². The van der Waals surface area contributed by atoms with E-state index >= 15 is 0 Å². The van der Waals surface area contributed by atoms with Crippen LogP contribution in [0.4, 0.5) is 0 Å². The van der Waals surface area contributed by atoms with E-state index in [4.69, 9.17) is 10.5 Å². The number of aromatic nitrogens is 1. The molecule has 1 aromatic rings. The Morgan fingerprint density at radius 1 is 1.57 bits per heavy atom. The van der Waals surface area contributed by atoms with Crippen molar-refractivity contribution in [3.05, 3.63) is 24.5 Å². The number of pyridine rings is 1. The highest BCUT2D eigenvalue weighted by atomic mass is 16.5. The van der Waals surface area contributed by atoms with Gasteiger partial charge in [0, 0.05) is 31.7 Å². The maximum atomic E-state index is 12.3. The quantitative estimate of drug-likeness (QED) is 0.812. The van der Waals surface area contributed by atoms with Crippen molar-refractivity contribution in [3.8, 4) is 5.75 Å². The van der Waals surface area contributed by atoms with Crippen LogP contribution in [0.2, 0.25) is 0 Å². The molecule has 2 atom stereocenters. The summed E-state index contributed by atoms with van der Waals surface area (Å²) in [5.41, 5.74) is 5.83. The molecule has 5 nitrogen and oxygen atoms in total. The Balaban J connectivity index is 1.73. The first-order valence-electron chi connectivity index (χ1n) is 7.74. The second-order valence-corrected chi connectivity index (χ2v) is 5.65. The Bertz CT molecular complexity index is 438. The molecule has 1 aliphatic rings. The van der Waals surface area contributed by atoms with Crippen molar-refractivity contribution in [2.45, 2.75) is 38.6 Å². The summed E-state index contributed by atoms with van der Waals surface area (Å²) in [5, 5.41) is 0. The number of ether oxygens (including phenoxy) is 1. The van der Waals surface area contributed by atoms with Crippen LogP contribution in [0.15, 0.2) is 24.5 Å². The molecule has 1 fully saturated rings. The molecular weight excluding hydrogens is 266 g/mol. The smallest absolute Gasteiger partial charge is 0.222 e. The van der Waals surface area contributed by atoms with Crippen molar-refractivity contribution >= 4 is 5.91 Å². The lowest BCUT2D eigenvalue weighted by Gasteiger charge is -2.39. The van der Waals surface area contributed by atoms with Crippen LogP contribution in [-0.2, 0) is 4.79 Å². The van der Waals surface area contributed by atoms with Gasteiger partial charge in [-0.15, -0.1) is 0 Å². The van der Waals surface area contributed by atoms with Crippen molar-refractivity contribution in [1.82, 2.24) is 9.88 Å². The Kier molecular flexibility index (Phi) is 5.99. The van der Waals surface area contributed by atoms with Crippen LogP contribution in [-0.4, -0.2) is 41.5 Å². The molecule has 21 heavy (non-hydrogen) atoms. The minimum atomic E-state index is 0.200. The third-order valence-corrected chi connectivity index (χ3v) is 4.12. The van der Waals surface area contributed by atoms with E-state index in [0.717, 1.165) is 31.6 Å². The van der Waals surface area contributed by atoms with Gasteiger partial charge in [0.1, 0.15) is 5.75 Å². The number of carbonyl (C=O) groups is 1. The summed E-state index contributed by atoms with van der Waals surface area (Å²) >= 11 is 0. The molecule has 2 N–H and O–H groups in total. The highest BCUT2D eigenvalue weighted by Gasteiger charge is 2.30. The van der Waals surface area contributed by atoms with Gasteiger partial charge in [0.25, 0.3) is 0 Å². The van der Waals surface area contributed by atoms with Gasteiger partial charge in [-0.1, -0.05) is 6.92 Å². The van der Waals surface area contributed by atoms with Crippen molar-refractivity contribution in [2.24, 2.45) is 11.7 Å². The summed E-state index contributed by atoms with van der Waals surface area (Å²) < 4.78 is 5.56. The molecule has 1 aromatic heterocycles. The third-order valence-electron chi connectivity index (χ3n) is 4.12. The standard InChI is InChI=1S/C16H25N3O2/c1-13-5-3-9-19(15(13)11-17)16(20)7-4-10-21-14-6-2-8-18-12-14/h2,6,8,12-13,15H,3-5,7,9-11,17H2,1H3. The van der Waals surface area contributed by atoms with Gasteiger partial charge < -0.3 is 15.4 Å². The molecular formula is C16H25N3O2. The minimum absolute atomic E-state index is 0.200. The van der Waals surface area contributed by atoms with E-state index in [2.05, 4.69) is 11.9 Å². The van der Waals surface area contributed by atoms with Crippen LogP contribution in [0.3, 0.4) is 0 Å². The predicted molar refractivity (Wildman–Crippen MR) is 81.9 cm³/mol. The molecule has 0 bridgehead atoms. The summed E-state index contributed by atoms with van der Waals surface area (Å²) in [6.45, 7) is 4.12. The van der Waals surface area contributed by atoms with Gasteiger partial charge >= 0.3 is 0 Å². The average Bonchev–Trinajstić information content (AvgIpc) is 2.52. The summed E-state index contributed by atoms with van der Waals surface area (Å²) in [4.78, 5) is 18.3. The molecule has 1 saturated heterocycles. The number of likely N-dealkylation sites (tertiary alicyclic amines) is 1. The topological polar surface area (TPSA) is 68.5 Å². The molecule has 116 valence electrons. The van der Waals surface area contributed by atoms with Crippen LogP contribution < -0.4 is 10.5 Å². The predicted octanol–water partition coefficient (Wildman–Crippen LogP) is 1.83. The zero-order chi connectivity index (χ0) is 15.1. The lowest BCUT2D eigenvalue weighted by molar-refractivity contribution is -0.136. The normalized spacial score (nSPS) is 22.1. The Hall–Kier alpha value is -1.62. The van der Waals surface area contributed by atoms with E-state index in [0.29, 0.717) is 25.5 Å². The van der Waals surface area contributed by atoms with Crippen LogP contribution in [0.1, 0.15) is 32.6 Å². The number of nitrogens with two attached hydrogens (primary N) is 1. The SMILES string of the molecule is CC1CCCN(C(=O)CCCOc2cccnc2)C1CN. The number of hydrogen-bond donors (Lipinski definition) is 1. The van der Waals surface area contributed by atoms with E-state index in [1.807, 2.05) is 17.0 Å². The Morgan fingerprint density at radius 2 is 2.43 bits per heavy atom. The monoisotopic (exact) mass is 291 g/mol. The first-order chi connectivity index (χ1) is 10.2. The van der Waals surface area contributed by atoms with Crippen LogP contribution in [0, 0.1) is 5.92 Å². The van der Waals surface area contributed by atoms with E-state index in [-0.39, 0.29) is 11.9 Å². The zero-order valence-electron chi connectivity index (χ0n) is 12.7. The summed E-state index contributed by atoms with van der Waals surface area (Å²) in [5.74, 6) is 1.45. The number of rotatable bonds is 6. The van der Waals surface area contributed by atoms with Gasteiger partial charge in [0.05, 0.1) is 12.8 Å². The molecule has 0 spiro atoms. The van der Waals surface area contributed by atoms with E-state index in [9.17, 15) is 4.79 Å². The highest BCUT2D eigenvalue weighted by Crippen LogP contribution is 2.23. The van der Waals surface area contributed by atoms with Gasteiger partial charge in [0.15, 0.2) is 0 Å². The minimum Gasteiger partial charge on any atom is -0.492 e. The zero-order valence-corrected chi connectivity index (χ0v) is 12.7. The highest BCUT2D eigenvalue weighted by molar-refractivity contribution is 5.76. The lowest BCUT2D eigenvalue weighted by atomic mass is 9.90. The number of piperidine rings is 1. The summed E-state index contributed by atoms with van der Waals surface area (Å²) in [7, 11) is 0. The van der Waals surface area contributed by atoms with E-state index in [1.165, 1.54) is 0 Å². The number of hydrogen-bond acceptors (Lipinski definition) is 4. The molecule has 1 aliphatic heterocycles. The molecule has 0 saturated carbocycles. The first kappa shape index (κ1) is 15.8. The molecule has 1 amide bonds. The molecule has 0 aromatic carbocycles. The fourth-order valence-electron chi connectivity index (χ4n) is 2.91. The average molecular weight is 291 g/mol. The number of carbonyl (C=O) groups excluding carboxylic acids is 1. The Labute approximate surface area is 126 Å². The van der Waals surface area contributed by atoms with Gasteiger partial charge in [-0.05, 0) is 37.3 Å². The van der Waals surface area contributed by atoms with Crippen molar-refractivity contribution in [1.29, 1.82) is 0 Å². The van der Waals surface area contributed by atoms with Gasteiger partial charge in [-0.25, -0.2) is 0 Å². The van der Waals surface area contributed by atoms with Crippen molar-refractivity contribution in [2.75, 3.05) is 19.7 Å². The summed E-state index contributed by atoms with van der Waals surface area (Å²) in [6.07, 6.45) is 6.87. The summed E-state index contributed by atoms with van der Waals surface area (Å²) in [6, 6.07) is 3.90. The number of amides is 1. The van der Waals surface area contributed by atoms with Crippen molar-refractivity contribution < 1.29 is 9.53 Å². The fourth-order valence-corrected chi connectivity index (χ4v) is 2.91. The van der Waals surface area contributed by atoms with Gasteiger partial charge in [-0.2, -0.15) is 0 Å². The third kappa shape index (κ3) is 4.43. The second-order valence-electron chi connectivity index (χ2n) is 5.65. The van der Waals surface area contributed by atoms with Gasteiger partial charge in [-0.3, -0.25) is 9.78 Å². The molecule has 0 radical (unpaired) electrons. The molecule has 2 rings (SSSR count). The molecule has 2 heterocycles. The van der Waals surface area contributed by atoms with Crippen molar-refractivity contribution in [3.63, 3.8) is 0 Å². The number of nitrogens with zero attached hydrogens (tertiary/aromatic N) is 2. The van der Waals surface area contributed by atoms with Crippen LogP contribution >= 0.6 is 0 Å². The van der Waals surface area contributed by atoms with E-state index < -0.39 is 0 Å². The lowest BCUT2D eigenvalue weighted by Crippen LogP contribution is -2.51. The maximum Gasteiger partial charge on any atom is 0.222 e. The first-order valence-corrected chi connectivity index (χ1v) is 7.74. The Morgan fingerprint density at radius 3 is 3.14 bits per heavy atom. The van der Waals surface area contributed by atoms with Crippen LogP contribution in [0.25, 0.3) is 0 Å². The fraction of sp³-hybridized carbons (Fsp3) is 0.625. The van der Waals surface area contributed by atoms with Gasteiger partial charge in [0.2, 0.25) is 5.91 Å².